The highest BCUT2D eigenvalue weighted by Crippen LogP contribution is 2.14. The van der Waals surface area contributed by atoms with Crippen molar-refractivity contribution in [3.05, 3.63) is 12.3 Å². The first-order valence-electron chi connectivity index (χ1n) is 5.67. The van der Waals surface area contributed by atoms with Gasteiger partial charge in [-0.2, -0.15) is 19.6 Å². The minimum Gasteiger partial charge on any atom is -0.459 e. The smallest absolute Gasteiger partial charge is 0.322 e. The lowest BCUT2D eigenvalue weighted by molar-refractivity contribution is 0.153. The summed E-state index contributed by atoms with van der Waals surface area (Å²) in [5, 5.41) is 7.28. The first-order valence-corrected chi connectivity index (χ1v) is 5.67. The summed E-state index contributed by atoms with van der Waals surface area (Å²) in [4.78, 5) is 8.33. The van der Waals surface area contributed by atoms with Crippen molar-refractivity contribution >= 4 is 11.6 Å². The number of ether oxygens (including phenoxy) is 1. The molecule has 0 saturated carbocycles. The molecule has 0 spiro atoms. The summed E-state index contributed by atoms with van der Waals surface area (Å²) in [7, 11) is 0. The largest absolute Gasteiger partial charge is 0.459 e. The van der Waals surface area contributed by atoms with Crippen molar-refractivity contribution in [2.45, 2.75) is 18.9 Å². The zero-order valence-corrected chi connectivity index (χ0v) is 9.33. The summed E-state index contributed by atoms with van der Waals surface area (Å²) in [6, 6.07) is 2.09. The van der Waals surface area contributed by atoms with E-state index in [1.165, 1.54) is 4.52 Å². The molecule has 0 bridgehead atoms. The molecule has 2 aromatic rings. The lowest BCUT2D eigenvalue weighted by Crippen LogP contribution is -2.37. The van der Waals surface area contributed by atoms with Crippen LogP contribution in [0.2, 0.25) is 0 Å². The predicted molar refractivity (Wildman–Crippen MR) is 61.7 cm³/mol. The topological polar surface area (TPSA) is 90.4 Å². The minimum atomic E-state index is 0.119. The molecule has 17 heavy (non-hydrogen) atoms. The van der Waals surface area contributed by atoms with Crippen molar-refractivity contribution in [3.63, 3.8) is 0 Å². The lowest BCUT2D eigenvalue weighted by Gasteiger charge is -2.22. The number of anilines is 1. The van der Waals surface area contributed by atoms with Crippen LogP contribution in [0.5, 0.6) is 6.01 Å². The molecule has 1 aliphatic rings. The van der Waals surface area contributed by atoms with E-state index in [1.807, 2.05) is 0 Å². The summed E-state index contributed by atoms with van der Waals surface area (Å²) in [6.07, 6.45) is 3.87. The quantitative estimate of drug-likeness (QED) is 0.750. The summed E-state index contributed by atoms with van der Waals surface area (Å²) >= 11 is 0. The molecular weight excluding hydrogens is 220 g/mol. The van der Waals surface area contributed by atoms with Crippen molar-refractivity contribution in [3.8, 4) is 6.01 Å². The van der Waals surface area contributed by atoms with Gasteiger partial charge in [-0.1, -0.05) is 0 Å². The van der Waals surface area contributed by atoms with E-state index in [2.05, 4.69) is 20.4 Å². The Balaban J connectivity index is 1.84. The summed E-state index contributed by atoms with van der Waals surface area (Å²) in [5.74, 6) is 0.291. The van der Waals surface area contributed by atoms with E-state index in [0.29, 0.717) is 17.6 Å². The van der Waals surface area contributed by atoms with Crippen molar-refractivity contribution in [1.82, 2.24) is 24.9 Å². The fraction of sp³-hybridized carbons (Fsp3) is 0.500. The highest BCUT2D eigenvalue weighted by Gasteiger charge is 2.16. The molecule has 1 fully saturated rings. The van der Waals surface area contributed by atoms with Crippen molar-refractivity contribution in [2.24, 2.45) is 0 Å². The second kappa shape index (κ2) is 4.17. The van der Waals surface area contributed by atoms with Crippen LogP contribution >= 0.6 is 0 Å². The number of fused-ring (bicyclic) bond motifs is 1. The molecule has 0 aromatic carbocycles. The number of rotatable bonds is 2. The third-order valence-electron chi connectivity index (χ3n) is 2.78. The molecule has 1 aliphatic heterocycles. The zero-order valence-electron chi connectivity index (χ0n) is 9.33. The molecule has 7 nitrogen and oxygen atoms in total. The van der Waals surface area contributed by atoms with Gasteiger partial charge in [0.2, 0.25) is 5.95 Å². The van der Waals surface area contributed by atoms with Crippen molar-refractivity contribution < 1.29 is 4.74 Å². The molecule has 3 heterocycles. The number of nitrogens with two attached hydrogens (primary N) is 1. The Morgan fingerprint density at radius 2 is 2.41 bits per heavy atom. The molecule has 0 radical (unpaired) electrons. The van der Waals surface area contributed by atoms with Crippen LogP contribution in [0.4, 0.5) is 5.95 Å². The molecule has 3 N–H and O–H groups in total. The average Bonchev–Trinajstić information content (AvgIpc) is 2.79. The number of aromatic nitrogens is 4. The number of hydrogen-bond donors (Lipinski definition) is 2. The Labute approximate surface area is 98.0 Å². The molecule has 0 aliphatic carbocycles. The van der Waals surface area contributed by atoms with Crippen molar-refractivity contribution in [2.75, 3.05) is 18.8 Å². The highest BCUT2D eigenvalue weighted by molar-refractivity contribution is 5.42. The predicted octanol–water partition coefficient (Wildman–Crippen LogP) is -0.163. The Bertz CT molecular complexity index is 518. The SMILES string of the molecule is Nc1nc(O[C@@H]2CCCNC2)nc2ccnn12. The van der Waals surface area contributed by atoms with E-state index in [1.54, 1.807) is 12.3 Å². The molecule has 1 atom stereocenters. The van der Waals surface area contributed by atoms with Crippen LogP contribution in [0, 0.1) is 0 Å². The second-order valence-corrected chi connectivity index (χ2v) is 4.05. The van der Waals surface area contributed by atoms with Gasteiger partial charge < -0.3 is 15.8 Å². The molecular formula is C10H14N6O. The van der Waals surface area contributed by atoms with Crippen molar-refractivity contribution in [1.29, 1.82) is 0 Å². The number of nitrogens with zero attached hydrogens (tertiary/aromatic N) is 4. The molecule has 2 aromatic heterocycles. The highest BCUT2D eigenvalue weighted by atomic mass is 16.5. The van der Waals surface area contributed by atoms with Gasteiger partial charge in [0, 0.05) is 12.6 Å². The lowest BCUT2D eigenvalue weighted by atomic mass is 10.1. The normalized spacial score (nSPS) is 20.6. The third kappa shape index (κ3) is 2.01. The maximum atomic E-state index is 5.76. The van der Waals surface area contributed by atoms with Crippen LogP contribution in [-0.2, 0) is 0 Å². The van der Waals surface area contributed by atoms with Gasteiger partial charge in [-0.05, 0) is 19.4 Å². The summed E-state index contributed by atoms with van der Waals surface area (Å²) in [6.45, 7) is 1.87. The minimum absolute atomic E-state index is 0.119. The molecule has 3 rings (SSSR count). The van der Waals surface area contributed by atoms with Gasteiger partial charge in [-0.3, -0.25) is 0 Å². The van der Waals surface area contributed by atoms with Gasteiger partial charge in [-0.15, -0.1) is 0 Å². The second-order valence-electron chi connectivity index (χ2n) is 4.05. The van der Waals surface area contributed by atoms with E-state index < -0.39 is 0 Å². The van der Waals surface area contributed by atoms with E-state index in [0.717, 1.165) is 25.9 Å². The van der Waals surface area contributed by atoms with E-state index in [-0.39, 0.29) is 6.10 Å². The first kappa shape index (κ1) is 10.3. The van der Waals surface area contributed by atoms with Gasteiger partial charge in [0.1, 0.15) is 6.10 Å². The van der Waals surface area contributed by atoms with Crippen LogP contribution in [0.15, 0.2) is 12.3 Å². The number of nitrogen functional groups attached to an aromatic ring is 1. The van der Waals surface area contributed by atoms with Gasteiger partial charge in [0.05, 0.1) is 6.20 Å². The maximum absolute atomic E-state index is 5.76. The Kier molecular flexibility index (Phi) is 2.52. The summed E-state index contributed by atoms with van der Waals surface area (Å²) in [5.41, 5.74) is 6.41. The molecule has 90 valence electrons. The number of hydrogen-bond acceptors (Lipinski definition) is 6. The Morgan fingerprint density at radius 1 is 1.47 bits per heavy atom. The van der Waals surface area contributed by atoms with Crippen LogP contribution in [0.3, 0.4) is 0 Å². The van der Waals surface area contributed by atoms with Crippen LogP contribution < -0.4 is 15.8 Å². The Hall–Kier alpha value is -1.89. The average molecular weight is 234 g/mol. The van der Waals surface area contributed by atoms with Crippen LogP contribution in [0.25, 0.3) is 5.65 Å². The van der Waals surface area contributed by atoms with Gasteiger partial charge in [-0.25, -0.2) is 0 Å². The standard InChI is InChI=1S/C10H14N6O/c11-9-15-10(14-8-3-5-13-16(8)9)17-7-2-1-4-12-6-7/h3,5,7,12H,1-2,4,6H2,(H2,11,14,15)/t7-/m1/s1. The summed E-state index contributed by atoms with van der Waals surface area (Å²) < 4.78 is 7.19. The van der Waals surface area contributed by atoms with Crippen LogP contribution in [-0.4, -0.2) is 38.8 Å². The first-order chi connectivity index (χ1) is 8.33. The number of nitrogens with one attached hydrogen (secondary N) is 1. The van der Waals surface area contributed by atoms with Crippen LogP contribution in [0.1, 0.15) is 12.8 Å². The van der Waals surface area contributed by atoms with E-state index >= 15 is 0 Å². The Morgan fingerprint density at radius 3 is 3.24 bits per heavy atom. The molecule has 0 amide bonds. The molecule has 1 saturated heterocycles. The monoisotopic (exact) mass is 234 g/mol. The zero-order chi connectivity index (χ0) is 11.7. The van der Waals surface area contributed by atoms with E-state index in [4.69, 9.17) is 10.5 Å². The van der Waals surface area contributed by atoms with Gasteiger partial charge in [0.25, 0.3) is 0 Å². The van der Waals surface area contributed by atoms with Gasteiger partial charge in [0.15, 0.2) is 5.65 Å². The fourth-order valence-corrected chi connectivity index (χ4v) is 1.95. The number of piperidine rings is 1. The van der Waals surface area contributed by atoms with Gasteiger partial charge >= 0.3 is 6.01 Å². The molecule has 0 unspecified atom stereocenters. The van der Waals surface area contributed by atoms with E-state index in [9.17, 15) is 0 Å². The maximum Gasteiger partial charge on any atom is 0.322 e. The third-order valence-corrected chi connectivity index (χ3v) is 2.78. The molecule has 7 heteroatoms. The fourth-order valence-electron chi connectivity index (χ4n) is 1.95.